The Morgan fingerprint density at radius 3 is 2.38 bits per heavy atom. The summed E-state index contributed by atoms with van der Waals surface area (Å²) in [7, 11) is 0. The SMILES string of the molecule is CCCC1CCC(c2ccc(C3CCC(COCC)CO3)c(F)c2F)CC1(F)F. The molecule has 2 nitrogen and oxygen atoms in total. The highest BCUT2D eigenvalue weighted by atomic mass is 19.3. The Bertz CT molecular complexity index is 671. The fourth-order valence-electron chi connectivity index (χ4n) is 4.79. The summed E-state index contributed by atoms with van der Waals surface area (Å²) in [5.41, 5.74) is 0.262. The molecule has 2 aliphatic rings. The molecule has 29 heavy (non-hydrogen) atoms. The van der Waals surface area contributed by atoms with Gasteiger partial charge in [0.1, 0.15) is 0 Å². The second-order valence-electron chi connectivity index (χ2n) is 8.52. The van der Waals surface area contributed by atoms with E-state index in [4.69, 9.17) is 9.47 Å². The van der Waals surface area contributed by atoms with Gasteiger partial charge in [-0.1, -0.05) is 25.5 Å². The van der Waals surface area contributed by atoms with Crippen molar-refractivity contribution in [3.63, 3.8) is 0 Å². The highest BCUT2D eigenvalue weighted by Crippen LogP contribution is 2.48. The molecule has 0 aromatic heterocycles. The summed E-state index contributed by atoms with van der Waals surface area (Å²) in [5.74, 6) is -5.81. The molecule has 1 aliphatic carbocycles. The second kappa shape index (κ2) is 9.78. The van der Waals surface area contributed by atoms with Crippen LogP contribution < -0.4 is 0 Å². The van der Waals surface area contributed by atoms with Crippen LogP contribution in [-0.4, -0.2) is 25.7 Å². The third-order valence-corrected chi connectivity index (χ3v) is 6.47. The van der Waals surface area contributed by atoms with E-state index in [0.29, 0.717) is 51.9 Å². The van der Waals surface area contributed by atoms with Gasteiger partial charge in [-0.2, -0.15) is 0 Å². The number of benzene rings is 1. The molecular formula is C23H32F4O2. The van der Waals surface area contributed by atoms with Crippen LogP contribution in [0.5, 0.6) is 0 Å². The number of hydrogen-bond donors (Lipinski definition) is 0. The number of alkyl halides is 2. The standard InChI is InChI=1S/C23H32F4O2/c1-3-5-17-8-7-16(12-23(17,26)27)18-9-10-19(22(25)21(18)24)20-11-6-15(14-29-20)13-28-4-2/h9-10,15-17,20H,3-8,11-14H2,1-2H3. The first-order valence-corrected chi connectivity index (χ1v) is 10.9. The first kappa shape index (κ1) is 22.5. The molecular weight excluding hydrogens is 384 g/mol. The molecule has 2 fully saturated rings. The van der Waals surface area contributed by atoms with Gasteiger partial charge in [0.2, 0.25) is 0 Å². The lowest BCUT2D eigenvalue weighted by atomic mass is 9.74. The van der Waals surface area contributed by atoms with Crippen LogP contribution >= 0.6 is 0 Å². The van der Waals surface area contributed by atoms with Crippen LogP contribution in [0.1, 0.15) is 81.9 Å². The van der Waals surface area contributed by atoms with E-state index in [1.54, 1.807) is 0 Å². The summed E-state index contributed by atoms with van der Waals surface area (Å²) in [6.45, 7) is 5.51. The van der Waals surface area contributed by atoms with Gasteiger partial charge in [0.05, 0.1) is 19.3 Å². The third kappa shape index (κ3) is 5.13. The predicted octanol–water partition coefficient (Wildman–Crippen LogP) is 6.79. The summed E-state index contributed by atoms with van der Waals surface area (Å²) < 4.78 is 69.8. The molecule has 0 bridgehead atoms. The van der Waals surface area contributed by atoms with Crippen molar-refractivity contribution < 1.29 is 27.0 Å². The zero-order valence-corrected chi connectivity index (χ0v) is 17.4. The lowest BCUT2D eigenvalue weighted by molar-refractivity contribution is -0.0948. The topological polar surface area (TPSA) is 18.5 Å². The van der Waals surface area contributed by atoms with E-state index in [1.807, 2.05) is 13.8 Å². The Hall–Kier alpha value is -1.14. The van der Waals surface area contributed by atoms with E-state index in [9.17, 15) is 17.6 Å². The van der Waals surface area contributed by atoms with E-state index in [-0.39, 0.29) is 17.0 Å². The van der Waals surface area contributed by atoms with Crippen molar-refractivity contribution in [1.29, 1.82) is 0 Å². The first-order chi connectivity index (χ1) is 13.9. The third-order valence-electron chi connectivity index (χ3n) is 6.47. The van der Waals surface area contributed by atoms with Gasteiger partial charge in [-0.15, -0.1) is 0 Å². The van der Waals surface area contributed by atoms with Crippen LogP contribution in [0.2, 0.25) is 0 Å². The van der Waals surface area contributed by atoms with E-state index in [2.05, 4.69) is 0 Å². The van der Waals surface area contributed by atoms with E-state index in [0.717, 1.165) is 6.42 Å². The maximum Gasteiger partial charge on any atom is 0.251 e. The van der Waals surface area contributed by atoms with Crippen molar-refractivity contribution >= 4 is 0 Å². The zero-order valence-electron chi connectivity index (χ0n) is 17.4. The summed E-state index contributed by atoms with van der Waals surface area (Å²) in [6, 6.07) is 3.02. The summed E-state index contributed by atoms with van der Waals surface area (Å²) in [6.07, 6.45) is 2.49. The Labute approximate surface area is 171 Å². The molecule has 4 unspecified atom stereocenters. The number of ether oxygens (including phenoxy) is 2. The second-order valence-corrected chi connectivity index (χ2v) is 8.52. The quantitative estimate of drug-likeness (QED) is 0.456. The number of halogens is 4. The van der Waals surface area contributed by atoms with Crippen molar-refractivity contribution in [3.8, 4) is 0 Å². The van der Waals surface area contributed by atoms with Gasteiger partial charge in [0, 0.05) is 30.4 Å². The van der Waals surface area contributed by atoms with Gasteiger partial charge in [0.15, 0.2) is 11.6 Å². The van der Waals surface area contributed by atoms with Gasteiger partial charge in [-0.25, -0.2) is 17.6 Å². The molecule has 1 aromatic carbocycles. The number of hydrogen-bond acceptors (Lipinski definition) is 2. The molecule has 0 N–H and O–H groups in total. The smallest absolute Gasteiger partial charge is 0.251 e. The molecule has 1 aliphatic heterocycles. The summed E-state index contributed by atoms with van der Waals surface area (Å²) in [5, 5.41) is 0. The molecule has 1 aromatic rings. The summed E-state index contributed by atoms with van der Waals surface area (Å²) in [4.78, 5) is 0. The minimum atomic E-state index is -2.83. The van der Waals surface area contributed by atoms with Crippen LogP contribution in [0.4, 0.5) is 17.6 Å². The maximum absolute atomic E-state index is 14.8. The summed E-state index contributed by atoms with van der Waals surface area (Å²) >= 11 is 0. The molecule has 164 valence electrons. The fraction of sp³-hybridized carbons (Fsp3) is 0.739. The van der Waals surface area contributed by atoms with Crippen molar-refractivity contribution in [2.24, 2.45) is 11.8 Å². The Morgan fingerprint density at radius 2 is 1.76 bits per heavy atom. The molecule has 0 radical (unpaired) electrons. The van der Waals surface area contributed by atoms with E-state index < -0.39 is 41.9 Å². The van der Waals surface area contributed by atoms with Crippen molar-refractivity contribution in [3.05, 3.63) is 34.9 Å². The Balaban J connectivity index is 1.69. The maximum atomic E-state index is 14.8. The lowest BCUT2D eigenvalue weighted by Crippen LogP contribution is -2.35. The molecule has 1 saturated heterocycles. The molecule has 0 spiro atoms. The molecule has 1 heterocycles. The number of rotatable bonds is 7. The van der Waals surface area contributed by atoms with E-state index >= 15 is 0 Å². The molecule has 4 atom stereocenters. The van der Waals surface area contributed by atoms with Gasteiger partial charge in [0.25, 0.3) is 5.92 Å². The molecule has 1 saturated carbocycles. The van der Waals surface area contributed by atoms with Crippen molar-refractivity contribution in [2.45, 2.75) is 76.7 Å². The minimum absolute atomic E-state index is 0.0749. The van der Waals surface area contributed by atoms with Crippen molar-refractivity contribution in [1.82, 2.24) is 0 Å². The lowest BCUT2D eigenvalue weighted by Gasteiger charge is -2.36. The largest absolute Gasteiger partial charge is 0.381 e. The van der Waals surface area contributed by atoms with Gasteiger partial charge in [-0.3, -0.25) is 0 Å². The minimum Gasteiger partial charge on any atom is -0.381 e. The van der Waals surface area contributed by atoms with E-state index in [1.165, 1.54) is 12.1 Å². The first-order valence-electron chi connectivity index (χ1n) is 10.9. The average molecular weight is 416 g/mol. The van der Waals surface area contributed by atoms with Crippen molar-refractivity contribution in [2.75, 3.05) is 19.8 Å². The highest BCUT2D eigenvalue weighted by Gasteiger charge is 2.45. The highest BCUT2D eigenvalue weighted by molar-refractivity contribution is 5.31. The molecule has 0 amide bonds. The predicted molar refractivity (Wildman–Crippen MR) is 104 cm³/mol. The van der Waals surface area contributed by atoms with Crippen LogP contribution in [0, 0.1) is 23.5 Å². The fourth-order valence-corrected chi connectivity index (χ4v) is 4.79. The van der Waals surface area contributed by atoms with Crippen LogP contribution in [0.25, 0.3) is 0 Å². The Kier molecular flexibility index (Phi) is 7.60. The van der Waals surface area contributed by atoms with Crippen LogP contribution in [-0.2, 0) is 9.47 Å². The Morgan fingerprint density at radius 1 is 1.03 bits per heavy atom. The normalized spacial score (nSPS) is 29.7. The van der Waals surface area contributed by atoms with Crippen LogP contribution in [0.3, 0.4) is 0 Å². The zero-order chi connectivity index (χ0) is 21.0. The van der Waals surface area contributed by atoms with Crippen LogP contribution in [0.15, 0.2) is 12.1 Å². The average Bonchev–Trinajstić information content (AvgIpc) is 2.70. The van der Waals surface area contributed by atoms with Gasteiger partial charge in [-0.05, 0) is 50.5 Å². The monoisotopic (exact) mass is 416 g/mol. The van der Waals surface area contributed by atoms with Gasteiger partial charge >= 0.3 is 0 Å². The molecule has 3 rings (SSSR count). The molecule has 6 heteroatoms. The van der Waals surface area contributed by atoms with Gasteiger partial charge < -0.3 is 9.47 Å².